The largest absolute Gasteiger partial charge is 1.00 e. The molecule has 1 aliphatic rings. The smallest absolute Gasteiger partial charge is 0.367 e. The average Bonchev–Trinajstić information content (AvgIpc) is 2.50. The first kappa shape index (κ1) is 21.3. The third-order valence-corrected chi connectivity index (χ3v) is 3.30. The maximum Gasteiger partial charge on any atom is 0.367 e. The van der Waals surface area contributed by atoms with E-state index < -0.39 is 12.1 Å². The van der Waals surface area contributed by atoms with Crippen molar-refractivity contribution in [3.63, 3.8) is 0 Å². The van der Waals surface area contributed by atoms with Gasteiger partial charge in [0.05, 0.1) is 13.2 Å². The molecule has 0 aromatic carbocycles. The van der Waals surface area contributed by atoms with Crippen LogP contribution < -0.4 is 18.1 Å². The van der Waals surface area contributed by atoms with Gasteiger partial charge >= 0.3 is 5.97 Å². The molecule has 3 N–H and O–H groups in total. The first-order valence-corrected chi connectivity index (χ1v) is 7.55. The van der Waals surface area contributed by atoms with Gasteiger partial charge < -0.3 is 37.1 Å². The van der Waals surface area contributed by atoms with Crippen molar-refractivity contribution < 1.29 is 41.9 Å². The first-order chi connectivity index (χ1) is 10.1. The Morgan fingerprint density at radius 3 is 2.77 bits per heavy atom. The van der Waals surface area contributed by atoms with Crippen LogP contribution in [0.3, 0.4) is 0 Å². The molecule has 22 heavy (non-hydrogen) atoms. The Morgan fingerprint density at radius 2 is 2.14 bits per heavy atom. The second kappa shape index (κ2) is 11.8. The van der Waals surface area contributed by atoms with Crippen LogP contribution in [0.15, 0.2) is 12.7 Å². The van der Waals surface area contributed by atoms with Crippen LogP contribution in [0.2, 0.25) is 0 Å². The number of rotatable bonds is 7. The quantitative estimate of drug-likeness (QED) is 0.311. The highest BCUT2D eigenvalue weighted by Gasteiger charge is 2.35. The SMILES string of the molecule is C=CCO[C@H]1[C@H](C)OC(=O)[C@@H]([NH3+])COC[C@@H]1OCCCC.[Cl-]. The molecule has 0 amide bonds. The Morgan fingerprint density at radius 1 is 1.41 bits per heavy atom. The van der Waals surface area contributed by atoms with Gasteiger partial charge in [0.2, 0.25) is 6.04 Å². The van der Waals surface area contributed by atoms with E-state index in [9.17, 15) is 4.79 Å². The molecule has 1 fully saturated rings. The van der Waals surface area contributed by atoms with Gasteiger partial charge in [-0.2, -0.15) is 0 Å². The Bertz CT molecular complexity index is 329. The Hall–Kier alpha value is -0.660. The topological polar surface area (TPSA) is 81.6 Å². The van der Waals surface area contributed by atoms with E-state index in [-0.39, 0.29) is 37.2 Å². The van der Waals surface area contributed by atoms with E-state index in [1.165, 1.54) is 0 Å². The van der Waals surface area contributed by atoms with Gasteiger partial charge in [-0.1, -0.05) is 19.4 Å². The summed E-state index contributed by atoms with van der Waals surface area (Å²) in [6, 6.07) is -0.526. The molecule has 0 saturated carbocycles. The van der Waals surface area contributed by atoms with Gasteiger partial charge in [-0.05, 0) is 13.3 Å². The van der Waals surface area contributed by atoms with E-state index in [4.69, 9.17) is 18.9 Å². The molecule has 0 aliphatic carbocycles. The van der Waals surface area contributed by atoms with Crippen molar-refractivity contribution in [2.24, 2.45) is 0 Å². The number of carbonyl (C=O) groups excluding carboxylic acids is 1. The summed E-state index contributed by atoms with van der Waals surface area (Å²) in [7, 11) is 0. The van der Waals surface area contributed by atoms with Crippen LogP contribution in [-0.2, 0) is 23.7 Å². The zero-order valence-corrected chi connectivity index (χ0v) is 14.2. The monoisotopic (exact) mass is 337 g/mol. The third kappa shape index (κ3) is 7.07. The Labute approximate surface area is 138 Å². The Kier molecular flexibility index (Phi) is 11.5. The van der Waals surface area contributed by atoms with Crippen LogP contribution in [0.5, 0.6) is 0 Å². The van der Waals surface area contributed by atoms with Crippen molar-refractivity contribution in [3.8, 4) is 0 Å². The zero-order valence-electron chi connectivity index (χ0n) is 13.5. The standard InChI is InChI=1S/C15H27NO5.ClH/c1-4-6-8-19-13-10-18-9-12(16)15(17)21-11(3)14(13)20-7-5-2;/h5,11-14H,2,4,6-10,16H2,1,3H3;1H/t11-,12-,13-,14-;/m0./s1. The van der Waals surface area contributed by atoms with E-state index >= 15 is 0 Å². The third-order valence-electron chi connectivity index (χ3n) is 3.30. The number of esters is 1. The minimum Gasteiger partial charge on any atom is -1.00 e. The number of hydrogen-bond donors (Lipinski definition) is 1. The number of quaternary nitrogens is 1. The number of halogens is 1. The first-order valence-electron chi connectivity index (χ1n) is 7.55. The van der Waals surface area contributed by atoms with E-state index in [0.29, 0.717) is 19.8 Å². The molecule has 0 aromatic heterocycles. The highest BCUT2D eigenvalue weighted by molar-refractivity contribution is 5.74. The number of unbranched alkanes of at least 4 members (excludes halogenated alkanes) is 1. The fraction of sp³-hybridized carbons (Fsp3) is 0.800. The van der Waals surface area contributed by atoms with Crippen molar-refractivity contribution in [1.29, 1.82) is 0 Å². The molecule has 0 spiro atoms. The molecule has 6 nitrogen and oxygen atoms in total. The summed E-state index contributed by atoms with van der Waals surface area (Å²) in [6.07, 6.45) is 2.61. The molecular formula is C15H28ClNO5. The van der Waals surface area contributed by atoms with Crippen molar-refractivity contribution in [3.05, 3.63) is 12.7 Å². The summed E-state index contributed by atoms with van der Waals surface area (Å²) in [5.41, 5.74) is 3.75. The molecule has 0 unspecified atom stereocenters. The maximum absolute atomic E-state index is 11.8. The summed E-state index contributed by atoms with van der Waals surface area (Å²) >= 11 is 0. The summed E-state index contributed by atoms with van der Waals surface area (Å²) in [5.74, 6) is -0.371. The van der Waals surface area contributed by atoms with E-state index in [0.717, 1.165) is 12.8 Å². The van der Waals surface area contributed by atoms with Crippen molar-refractivity contribution in [2.45, 2.75) is 51.0 Å². The predicted molar refractivity (Wildman–Crippen MR) is 77.6 cm³/mol. The van der Waals surface area contributed by atoms with E-state index in [2.05, 4.69) is 19.2 Å². The maximum atomic E-state index is 11.8. The van der Waals surface area contributed by atoms with Crippen LogP contribution in [0.1, 0.15) is 26.7 Å². The molecular weight excluding hydrogens is 310 g/mol. The number of hydrogen-bond acceptors (Lipinski definition) is 5. The molecule has 0 bridgehead atoms. The average molecular weight is 338 g/mol. The van der Waals surface area contributed by atoms with Gasteiger partial charge in [0.15, 0.2) is 0 Å². The normalized spacial score (nSPS) is 29.5. The molecule has 0 aromatic rings. The Balaban J connectivity index is 0.00000441. The van der Waals surface area contributed by atoms with Crippen molar-refractivity contribution in [2.75, 3.05) is 26.4 Å². The molecule has 1 aliphatic heterocycles. The van der Waals surface area contributed by atoms with Crippen LogP contribution >= 0.6 is 0 Å². The number of ether oxygens (including phenoxy) is 4. The molecule has 1 rings (SSSR count). The van der Waals surface area contributed by atoms with Crippen molar-refractivity contribution >= 4 is 5.97 Å². The van der Waals surface area contributed by atoms with Gasteiger partial charge in [0.25, 0.3) is 0 Å². The highest BCUT2D eigenvalue weighted by Crippen LogP contribution is 2.16. The predicted octanol–water partition coefficient (Wildman–Crippen LogP) is -2.68. The van der Waals surface area contributed by atoms with Crippen LogP contribution in [0.4, 0.5) is 0 Å². The van der Waals surface area contributed by atoms with Gasteiger partial charge in [-0.25, -0.2) is 4.79 Å². The second-order valence-corrected chi connectivity index (χ2v) is 5.23. The van der Waals surface area contributed by atoms with Gasteiger partial charge in [0.1, 0.15) is 24.9 Å². The summed E-state index contributed by atoms with van der Waals surface area (Å²) in [5, 5.41) is 0. The summed E-state index contributed by atoms with van der Waals surface area (Å²) < 4.78 is 22.6. The lowest BCUT2D eigenvalue weighted by Gasteiger charge is -2.30. The summed E-state index contributed by atoms with van der Waals surface area (Å²) in [4.78, 5) is 11.8. The molecule has 4 atom stereocenters. The summed E-state index contributed by atoms with van der Waals surface area (Å²) in [6.45, 7) is 9.14. The molecule has 1 heterocycles. The highest BCUT2D eigenvalue weighted by atomic mass is 35.5. The number of cyclic esters (lactones) is 1. The van der Waals surface area contributed by atoms with Crippen LogP contribution in [0.25, 0.3) is 0 Å². The van der Waals surface area contributed by atoms with Crippen LogP contribution in [-0.4, -0.2) is 56.8 Å². The van der Waals surface area contributed by atoms with Crippen LogP contribution in [0, 0.1) is 0 Å². The fourth-order valence-corrected chi connectivity index (χ4v) is 2.08. The molecule has 0 radical (unpaired) electrons. The lowest BCUT2D eigenvalue weighted by Crippen LogP contribution is -3.00. The van der Waals surface area contributed by atoms with Gasteiger partial charge in [-0.3, -0.25) is 0 Å². The minimum absolute atomic E-state index is 0. The molecule has 7 heteroatoms. The lowest BCUT2D eigenvalue weighted by atomic mass is 10.1. The number of carbonyl (C=O) groups is 1. The lowest BCUT2D eigenvalue weighted by molar-refractivity contribution is -0.415. The van der Waals surface area contributed by atoms with Gasteiger partial charge in [-0.15, -0.1) is 6.58 Å². The van der Waals surface area contributed by atoms with E-state index in [1.807, 2.05) is 0 Å². The van der Waals surface area contributed by atoms with E-state index in [1.54, 1.807) is 13.0 Å². The minimum atomic E-state index is -0.526. The fourth-order valence-electron chi connectivity index (χ4n) is 2.08. The molecule has 1 saturated heterocycles. The zero-order chi connectivity index (χ0) is 15.7. The van der Waals surface area contributed by atoms with Crippen molar-refractivity contribution in [1.82, 2.24) is 0 Å². The van der Waals surface area contributed by atoms with Gasteiger partial charge in [0, 0.05) is 6.61 Å². The molecule has 130 valence electrons. The second-order valence-electron chi connectivity index (χ2n) is 5.23.